The van der Waals surface area contributed by atoms with Gasteiger partial charge in [0.2, 0.25) is 5.91 Å². The predicted octanol–water partition coefficient (Wildman–Crippen LogP) is 0.102. The Morgan fingerprint density at radius 3 is 2.50 bits per heavy atom. The molecule has 0 aromatic carbocycles. The van der Waals surface area contributed by atoms with Gasteiger partial charge in [0.05, 0.1) is 6.54 Å². The number of ketones is 1. The van der Waals surface area contributed by atoms with Gasteiger partial charge < -0.3 is 5.32 Å². The van der Waals surface area contributed by atoms with Gasteiger partial charge in [-0.1, -0.05) is 0 Å². The molecule has 1 aliphatic rings. The van der Waals surface area contributed by atoms with Crippen molar-refractivity contribution in [3.63, 3.8) is 0 Å². The average molecular weight is 141 g/mol. The second-order valence-corrected chi connectivity index (χ2v) is 2.69. The minimum atomic E-state index is 0.00833. The number of hydrogen-bond donors (Lipinski definition) is 1. The Morgan fingerprint density at radius 1 is 1.50 bits per heavy atom. The molecule has 10 heavy (non-hydrogen) atoms. The van der Waals surface area contributed by atoms with Crippen molar-refractivity contribution in [1.29, 1.82) is 0 Å². The van der Waals surface area contributed by atoms with E-state index in [9.17, 15) is 9.59 Å². The topological polar surface area (TPSA) is 46.2 Å². The highest BCUT2D eigenvalue weighted by Gasteiger charge is 2.29. The molecular formula is C7H11NO2. The van der Waals surface area contributed by atoms with E-state index in [1.54, 1.807) is 0 Å². The molecule has 56 valence electrons. The van der Waals surface area contributed by atoms with E-state index in [4.69, 9.17) is 0 Å². The summed E-state index contributed by atoms with van der Waals surface area (Å²) >= 11 is 0. The summed E-state index contributed by atoms with van der Waals surface area (Å²) in [5.74, 6) is 0.253. The van der Waals surface area contributed by atoms with Crippen molar-refractivity contribution in [3.05, 3.63) is 0 Å². The number of amides is 1. The zero-order valence-corrected chi connectivity index (χ0v) is 6.02. The number of rotatable bonds is 3. The van der Waals surface area contributed by atoms with Gasteiger partial charge in [0.25, 0.3) is 0 Å². The van der Waals surface area contributed by atoms with Gasteiger partial charge in [-0.15, -0.1) is 0 Å². The summed E-state index contributed by atoms with van der Waals surface area (Å²) < 4.78 is 0. The number of carbonyl (C=O) groups excluding carboxylic acids is 2. The van der Waals surface area contributed by atoms with Gasteiger partial charge in [-0.3, -0.25) is 9.59 Å². The largest absolute Gasteiger partial charge is 0.349 e. The van der Waals surface area contributed by atoms with E-state index >= 15 is 0 Å². The fraction of sp³-hybridized carbons (Fsp3) is 0.714. The molecular weight excluding hydrogens is 130 g/mol. The predicted molar refractivity (Wildman–Crippen MR) is 36.4 cm³/mol. The molecule has 0 aromatic heterocycles. The lowest BCUT2D eigenvalue weighted by Crippen LogP contribution is -2.29. The van der Waals surface area contributed by atoms with Crippen LogP contribution in [-0.4, -0.2) is 18.2 Å². The molecule has 0 aliphatic heterocycles. The van der Waals surface area contributed by atoms with Crippen molar-refractivity contribution in [3.8, 4) is 0 Å². The minimum absolute atomic E-state index is 0.00833. The number of hydrogen-bond acceptors (Lipinski definition) is 2. The lowest BCUT2D eigenvalue weighted by Gasteiger charge is -1.98. The van der Waals surface area contributed by atoms with Crippen LogP contribution in [0.4, 0.5) is 0 Å². The third-order valence-corrected chi connectivity index (χ3v) is 1.46. The van der Waals surface area contributed by atoms with E-state index in [1.807, 2.05) is 0 Å². The van der Waals surface area contributed by atoms with Crippen molar-refractivity contribution in [2.75, 3.05) is 6.54 Å². The van der Waals surface area contributed by atoms with Gasteiger partial charge in [-0.05, 0) is 19.8 Å². The molecule has 1 rings (SSSR count). The molecule has 0 saturated heterocycles. The van der Waals surface area contributed by atoms with Crippen molar-refractivity contribution in [2.45, 2.75) is 19.8 Å². The molecule has 1 aliphatic carbocycles. The second kappa shape index (κ2) is 2.82. The molecule has 0 aromatic rings. The maximum Gasteiger partial charge on any atom is 0.223 e. The zero-order chi connectivity index (χ0) is 7.56. The molecule has 0 unspecified atom stereocenters. The quantitative estimate of drug-likeness (QED) is 0.606. The van der Waals surface area contributed by atoms with Gasteiger partial charge in [0, 0.05) is 5.92 Å². The van der Waals surface area contributed by atoms with E-state index < -0.39 is 0 Å². The number of carbonyl (C=O) groups is 2. The average Bonchev–Trinajstić information content (AvgIpc) is 2.63. The number of Topliss-reactive ketones (excluding diaryl/α,β-unsaturated/α-hetero) is 1. The van der Waals surface area contributed by atoms with E-state index in [2.05, 4.69) is 5.32 Å². The van der Waals surface area contributed by atoms with Crippen LogP contribution in [-0.2, 0) is 9.59 Å². The Bertz CT molecular complexity index is 161. The Morgan fingerprint density at radius 2 is 2.10 bits per heavy atom. The molecule has 0 atom stereocenters. The SMILES string of the molecule is CC(=O)CNC(=O)C1CC1. The summed E-state index contributed by atoms with van der Waals surface area (Å²) in [5, 5.41) is 2.56. The molecule has 1 amide bonds. The third kappa shape index (κ3) is 2.17. The summed E-state index contributed by atoms with van der Waals surface area (Å²) in [6, 6.07) is 0. The highest BCUT2D eigenvalue weighted by molar-refractivity contribution is 5.86. The summed E-state index contributed by atoms with van der Waals surface area (Å²) in [4.78, 5) is 21.2. The Kier molecular flexibility index (Phi) is 2.04. The third-order valence-electron chi connectivity index (χ3n) is 1.46. The van der Waals surface area contributed by atoms with Crippen molar-refractivity contribution >= 4 is 11.7 Å². The van der Waals surface area contributed by atoms with Crippen LogP contribution in [0, 0.1) is 5.92 Å². The van der Waals surface area contributed by atoms with Crippen molar-refractivity contribution in [1.82, 2.24) is 5.32 Å². The molecule has 1 N–H and O–H groups in total. The van der Waals surface area contributed by atoms with Gasteiger partial charge in [0.1, 0.15) is 5.78 Å². The lowest BCUT2D eigenvalue weighted by atomic mass is 10.3. The molecule has 0 radical (unpaired) electrons. The normalized spacial score (nSPS) is 16.5. The molecule has 0 heterocycles. The Hall–Kier alpha value is -0.860. The van der Waals surface area contributed by atoms with E-state index in [0.717, 1.165) is 12.8 Å². The number of nitrogens with one attached hydrogen (secondary N) is 1. The van der Waals surface area contributed by atoms with E-state index in [-0.39, 0.29) is 24.2 Å². The molecule has 1 saturated carbocycles. The standard InChI is InChI=1S/C7H11NO2/c1-5(9)4-8-7(10)6-2-3-6/h6H,2-4H2,1H3,(H,8,10). The monoisotopic (exact) mass is 141 g/mol. The van der Waals surface area contributed by atoms with E-state index in [1.165, 1.54) is 6.92 Å². The smallest absolute Gasteiger partial charge is 0.223 e. The summed E-state index contributed by atoms with van der Waals surface area (Å²) in [5.41, 5.74) is 0. The van der Waals surface area contributed by atoms with Crippen LogP contribution >= 0.6 is 0 Å². The summed E-state index contributed by atoms with van der Waals surface area (Å²) in [6.45, 7) is 1.66. The van der Waals surface area contributed by atoms with Crippen LogP contribution in [0.1, 0.15) is 19.8 Å². The van der Waals surface area contributed by atoms with Gasteiger partial charge in [0.15, 0.2) is 0 Å². The van der Waals surface area contributed by atoms with Crippen LogP contribution in [0.15, 0.2) is 0 Å². The van der Waals surface area contributed by atoms with Crippen LogP contribution in [0.25, 0.3) is 0 Å². The summed E-state index contributed by atoms with van der Waals surface area (Å²) in [7, 11) is 0. The van der Waals surface area contributed by atoms with Crippen LogP contribution in [0.3, 0.4) is 0 Å². The maximum absolute atomic E-state index is 10.8. The van der Waals surface area contributed by atoms with Crippen molar-refractivity contribution < 1.29 is 9.59 Å². The fourth-order valence-electron chi connectivity index (χ4n) is 0.701. The maximum atomic E-state index is 10.8. The second-order valence-electron chi connectivity index (χ2n) is 2.69. The summed E-state index contributed by atoms with van der Waals surface area (Å²) in [6.07, 6.45) is 1.98. The Labute approximate surface area is 59.8 Å². The highest BCUT2D eigenvalue weighted by atomic mass is 16.2. The Balaban J connectivity index is 2.12. The van der Waals surface area contributed by atoms with Gasteiger partial charge in [-0.25, -0.2) is 0 Å². The first-order valence-corrected chi connectivity index (χ1v) is 3.47. The van der Waals surface area contributed by atoms with Crippen LogP contribution < -0.4 is 5.32 Å². The molecule has 0 bridgehead atoms. The fourth-order valence-corrected chi connectivity index (χ4v) is 0.701. The zero-order valence-electron chi connectivity index (χ0n) is 6.02. The van der Waals surface area contributed by atoms with Crippen LogP contribution in [0.2, 0.25) is 0 Å². The van der Waals surface area contributed by atoms with Gasteiger partial charge in [-0.2, -0.15) is 0 Å². The first kappa shape index (κ1) is 7.25. The van der Waals surface area contributed by atoms with Gasteiger partial charge >= 0.3 is 0 Å². The van der Waals surface area contributed by atoms with Crippen molar-refractivity contribution in [2.24, 2.45) is 5.92 Å². The minimum Gasteiger partial charge on any atom is -0.349 e. The molecule has 1 fully saturated rings. The molecule has 0 spiro atoms. The first-order valence-electron chi connectivity index (χ1n) is 3.47. The highest BCUT2D eigenvalue weighted by Crippen LogP contribution is 2.28. The lowest BCUT2D eigenvalue weighted by molar-refractivity contribution is -0.125. The molecule has 3 heteroatoms. The van der Waals surface area contributed by atoms with E-state index in [0.29, 0.717) is 0 Å². The first-order chi connectivity index (χ1) is 4.70. The molecule has 3 nitrogen and oxygen atoms in total. The van der Waals surface area contributed by atoms with Crippen LogP contribution in [0.5, 0.6) is 0 Å².